The molecule has 0 heterocycles. The highest BCUT2D eigenvalue weighted by Crippen LogP contribution is 2.21. The molecule has 0 aliphatic rings. The van der Waals surface area contributed by atoms with E-state index in [4.69, 9.17) is 18.9 Å². The predicted molar refractivity (Wildman–Crippen MR) is 246 cm³/mol. The Bertz CT molecular complexity index is 1680. The number of nitrogens with zero attached hydrogens (tertiary/aromatic N) is 2. The fraction of sp³-hybridized carbons (Fsp3) is 0.462. The molecule has 0 unspecified atom stereocenters. The molecule has 0 N–H and O–H groups in total. The lowest BCUT2D eigenvalue weighted by molar-refractivity contribution is 0.0282. The van der Waals surface area contributed by atoms with Gasteiger partial charge in [-0.15, -0.1) is 0 Å². The van der Waals surface area contributed by atoms with E-state index in [0.29, 0.717) is 11.1 Å². The van der Waals surface area contributed by atoms with Gasteiger partial charge >= 0.3 is 11.9 Å². The molecule has 0 aliphatic carbocycles. The number of hydrogen-bond donors (Lipinski definition) is 0. The maximum Gasteiger partial charge on any atom is 0.338 e. The second-order valence-electron chi connectivity index (χ2n) is 15.7. The molecule has 322 valence electrons. The topological polar surface area (TPSA) is 95.8 Å². The summed E-state index contributed by atoms with van der Waals surface area (Å²) < 4.78 is 22.8. The number of rotatable bonds is 30. The van der Waals surface area contributed by atoms with Gasteiger partial charge in [-0.25, -0.2) is 9.59 Å². The van der Waals surface area contributed by atoms with Crippen molar-refractivity contribution in [1.82, 2.24) is 0 Å². The van der Waals surface area contributed by atoms with E-state index in [9.17, 15) is 9.59 Å². The van der Waals surface area contributed by atoms with E-state index in [0.717, 1.165) is 60.1 Å². The van der Waals surface area contributed by atoms with Crippen molar-refractivity contribution in [3.05, 3.63) is 119 Å². The molecular formula is C52H68N2O6. The average Bonchev–Trinajstić information content (AvgIpc) is 3.28. The Hall–Kier alpha value is -5.24. The predicted octanol–water partition coefficient (Wildman–Crippen LogP) is 13.9. The number of carbonyl (C=O) groups excluding carboxylic acids is 2. The maximum absolute atomic E-state index is 12.7. The van der Waals surface area contributed by atoms with E-state index in [2.05, 4.69) is 23.8 Å². The Balaban J connectivity index is 1.08. The maximum atomic E-state index is 12.7. The summed E-state index contributed by atoms with van der Waals surface area (Å²) in [4.78, 5) is 34.5. The van der Waals surface area contributed by atoms with Gasteiger partial charge in [-0.3, -0.25) is 9.98 Å². The Morgan fingerprint density at radius 3 is 1.15 bits per heavy atom. The summed E-state index contributed by atoms with van der Waals surface area (Å²) in [6.45, 7) is 8.08. The molecule has 0 aliphatic heterocycles. The molecule has 0 aromatic heterocycles. The minimum absolute atomic E-state index is 0.121. The molecule has 0 atom stereocenters. The van der Waals surface area contributed by atoms with Gasteiger partial charge in [-0.1, -0.05) is 135 Å². The van der Waals surface area contributed by atoms with Crippen molar-refractivity contribution in [1.29, 1.82) is 0 Å². The number of esters is 2. The number of carbonyl (C=O) groups is 2. The van der Waals surface area contributed by atoms with E-state index in [1.165, 1.54) is 89.9 Å². The van der Waals surface area contributed by atoms with Crippen LogP contribution in [0.1, 0.15) is 155 Å². The zero-order chi connectivity index (χ0) is 42.5. The molecule has 4 rings (SSSR count). The SMILES string of the molecule is CCCCCCCCCCOc1ccc(N=Cc2ccc(C(=O)OCC(C)COC(=O)c3ccc(C=Nc4ccc(OCCCCCCCCCC)cc4)cc3)cc2)cc1. The number of aliphatic imine (C=N–C) groups is 2. The minimum Gasteiger partial charge on any atom is -0.494 e. The largest absolute Gasteiger partial charge is 0.494 e. The molecule has 8 nitrogen and oxygen atoms in total. The standard InChI is InChI=1S/C52H68N2O6/c1-4-6-8-10-12-14-16-18-36-57-49-32-28-47(29-33-49)53-38-43-20-24-45(25-21-43)51(55)59-40-42(3)41-60-52(56)46-26-22-44(23-27-46)39-54-48-30-34-50(35-31-48)58-37-19-17-15-13-11-9-7-5-2/h20-35,38-39,42H,4-19,36-37,40-41H2,1-3H3. The molecule has 0 fully saturated rings. The van der Waals surface area contributed by atoms with Crippen LogP contribution in [-0.2, 0) is 9.47 Å². The summed E-state index contributed by atoms with van der Waals surface area (Å²) in [6, 6.07) is 29.7. The van der Waals surface area contributed by atoms with E-state index < -0.39 is 11.9 Å². The summed E-state index contributed by atoms with van der Waals surface area (Å²) in [6.07, 6.45) is 24.0. The highest BCUT2D eigenvalue weighted by atomic mass is 16.5. The Labute approximate surface area is 359 Å². The fourth-order valence-corrected chi connectivity index (χ4v) is 6.47. The van der Waals surface area contributed by atoms with Crippen LogP contribution in [0.4, 0.5) is 11.4 Å². The molecule has 4 aromatic carbocycles. The van der Waals surface area contributed by atoms with Crippen LogP contribution in [0.15, 0.2) is 107 Å². The van der Waals surface area contributed by atoms with Crippen LogP contribution in [-0.4, -0.2) is 50.8 Å². The Morgan fingerprint density at radius 2 is 0.800 bits per heavy atom. The molecule has 0 amide bonds. The van der Waals surface area contributed by atoms with Gasteiger partial charge in [0.15, 0.2) is 0 Å². The second-order valence-corrected chi connectivity index (χ2v) is 15.7. The fourth-order valence-electron chi connectivity index (χ4n) is 6.47. The zero-order valence-corrected chi connectivity index (χ0v) is 36.5. The third-order valence-electron chi connectivity index (χ3n) is 10.2. The lowest BCUT2D eigenvalue weighted by atomic mass is 10.1. The van der Waals surface area contributed by atoms with Gasteiger partial charge in [0.05, 0.1) is 48.9 Å². The normalized spacial score (nSPS) is 11.8. The molecule has 8 heteroatoms. The van der Waals surface area contributed by atoms with Crippen molar-refractivity contribution in [2.45, 2.75) is 124 Å². The van der Waals surface area contributed by atoms with Gasteiger partial charge in [-0.2, -0.15) is 0 Å². The Morgan fingerprint density at radius 1 is 0.467 bits per heavy atom. The van der Waals surface area contributed by atoms with Crippen molar-refractivity contribution >= 4 is 35.7 Å². The first-order valence-corrected chi connectivity index (χ1v) is 22.5. The summed E-state index contributed by atoms with van der Waals surface area (Å²) in [5, 5.41) is 0. The Kier molecular flexibility index (Phi) is 23.0. The number of unbranched alkanes of at least 4 members (excludes halogenated alkanes) is 14. The van der Waals surface area contributed by atoms with Crippen molar-refractivity contribution in [2.24, 2.45) is 15.9 Å². The average molecular weight is 817 g/mol. The van der Waals surface area contributed by atoms with Gasteiger partial charge in [0.1, 0.15) is 11.5 Å². The number of hydrogen-bond acceptors (Lipinski definition) is 8. The third kappa shape index (κ3) is 19.7. The van der Waals surface area contributed by atoms with Gasteiger partial charge in [0, 0.05) is 18.3 Å². The molecule has 0 radical (unpaired) electrons. The van der Waals surface area contributed by atoms with Gasteiger partial charge in [0.2, 0.25) is 0 Å². The van der Waals surface area contributed by atoms with Crippen LogP contribution >= 0.6 is 0 Å². The highest BCUT2D eigenvalue weighted by Gasteiger charge is 2.13. The lowest BCUT2D eigenvalue weighted by Gasteiger charge is -2.13. The van der Waals surface area contributed by atoms with Gasteiger partial charge in [-0.05, 0) is 96.8 Å². The van der Waals surface area contributed by atoms with Crippen molar-refractivity contribution < 1.29 is 28.5 Å². The second kappa shape index (κ2) is 29.1. The van der Waals surface area contributed by atoms with Crippen LogP contribution in [0, 0.1) is 5.92 Å². The summed E-state index contributed by atoms with van der Waals surface area (Å²) >= 11 is 0. The van der Waals surface area contributed by atoms with Gasteiger partial charge in [0.25, 0.3) is 0 Å². The van der Waals surface area contributed by atoms with E-state index >= 15 is 0 Å². The molecule has 0 saturated heterocycles. The van der Waals surface area contributed by atoms with E-state index in [1.807, 2.05) is 79.7 Å². The molecule has 60 heavy (non-hydrogen) atoms. The first-order valence-electron chi connectivity index (χ1n) is 22.5. The van der Waals surface area contributed by atoms with Crippen LogP contribution in [0.2, 0.25) is 0 Å². The molecule has 4 aromatic rings. The highest BCUT2D eigenvalue weighted by molar-refractivity contribution is 5.92. The van der Waals surface area contributed by atoms with Crippen LogP contribution in [0.3, 0.4) is 0 Å². The van der Waals surface area contributed by atoms with Crippen molar-refractivity contribution in [3.8, 4) is 11.5 Å². The molecule has 0 spiro atoms. The first kappa shape index (κ1) is 47.4. The van der Waals surface area contributed by atoms with Crippen LogP contribution in [0.25, 0.3) is 0 Å². The van der Waals surface area contributed by atoms with E-state index in [1.54, 1.807) is 36.7 Å². The van der Waals surface area contributed by atoms with Crippen LogP contribution < -0.4 is 9.47 Å². The lowest BCUT2D eigenvalue weighted by Crippen LogP contribution is -2.18. The summed E-state index contributed by atoms with van der Waals surface area (Å²) in [5.74, 6) is 0.656. The van der Waals surface area contributed by atoms with Gasteiger partial charge < -0.3 is 18.9 Å². The third-order valence-corrected chi connectivity index (χ3v) is 10.2. The molecular weight excluding hydrogens is 749 g/mol. The smallest absolute Gasteiger partial charge is 0.338 e. The van der Waals surface area contributed by atoms with Crippen molar-refractivity contribution in [3.63, 3.8) is 0 Å². The number of ether oxygens (including phenoxy) is 4. The van der Waals surface area contributed by atoms with E-state index in [-0.39, 0.29) is 19.1 Å². The quantitative estimate of drug-likeness (QED) is 0.0295. The monoisotopic (exact) mass is 817 g/mol. The molecule has 0 bridgehead atoms. The summed E-state index contributed by atoms with van der Waals surface area (Å²) in [7, 11) is 0. The van der Waals surface area contributed by atoms with Crippen LogP contribution in [0.5, 0.6) is 11.5 Å². The number of benzene rings is 4. The zero-order valence-electron chi connectivity index (χ0n) is 36.5. The first-order chi connectivity index (χ1) is 29.4. The molecule has 0 saturated carbocycles. The summed E-state index contributed by atoms with van der Waals surface area (Å²) in [5.41, 5.74) is 4.24. The minimum atomic E-state index is -0.435. The van der Waals surface area contributed by atoms with Crippen molar-refractivity contribution in [2.75, 3.05) is 26.4 Å².